The summed E-state index contributed by atoms with van der Waals surface area (Å²) in [7, 11) is 1.84. The predicted octanol–water partition coefficient (Wildman–Crippen LogP) is 5.55. The number of hydrogen-bond acceptors (Lipinski definition) is 12. The summed E-state index contributed by atoms with van der Waals surface area (Å²) in [6, 6.07) is 11.3. The van der Waals surface area contributed by atoms with Crippen LogP contribution in [0.3, 0.4) is 0 Å². The number of anilines is 2. The Balaban J connectivity index is 0.777. The average molecular weight is 928 g/mol. The van der Waals surface area contributed by atoms with Gasteiger partial charge in [0.1, 0.15) is 11.9 Å². The van der Waals surface area contributed by atoms with Crippen LogP contribution >= 0.6 is 0 Å². The van der Waals surface area contributed by atoms with Crippen molar-refractivity contribution in [3.63, 3.8) is 0 Å². The number of rotatable bonds is 6. The van der Waals surface area contributed by atoms with E-state index in [2.05, 4.69) is 69.1 Å². The third kappa shape index (κ3) is 8.63. The fourth-order valence-corrected chi connectivity index (χ4v) is 11.1. The lowest BCUT2D eigenvalue weighted by atomic mass is 9.94. The molecule has 8 heterocycles. The van der Waals surface area contributed by atoms with E-state index in [9.17, 15) is 24.0 Å². The van der Waals surface area contributed by atoms with Crippen molar-refractivity contribution in [2.24, 2.45) is 18.9 Å². The number of nitrogens with zero attached hydrogens (tertiary/aromatic N) is 9. The van der Waals surface area contributed by atoms with Gasteiger partial charge in [-0.25, -0.2) is 14.1 Å². The predicted molar refractivity (Wildman–Crippen MR) is 252 cm³/mol. The van der Waals surface area contributed by atoms with Crippen molar-refractivity contribution < 1.29 is 33.1 Å². The van der Waals surface area contributed by atoms with Gasteiger partial charge in [0.05, 0.1) is 51.9 Å². The highest BCUT2D eigenvalue weighted by Crippen LogP contribution is 2.36. The van der Waals surface area contributed by atoms with E-state index >= 15 is 4.39 Å². The molecule has 0 radical (unpaired) electrons. The number of imidazole rings is 1. The van der Waals surface area contributed by atoms with Gasteiger partial charge in [-0.2, -0.15) is 5.10 Å². The van der Waals surface area contributed by atoms with Crippen molar-refractivity contribution in [3.05, 3.63) is 82.4 Å². The quantitative estimate of drug-likeness (QED) is 0.203. The fourth-order valence-electron chi connectivity index (χ4n) is 11.1. The van der Waals surface area contributed by atoms with Crippen LogP contribution in [0.4, 0.5) is 16.0 Å². The number of imide groups is 2. The van der Waals surface area contributed by atoms with Gasteiger partial charge < -0.3 is 14.2 Å². The van der Waals surface area contributed by atoms with E-state index < -0.39 is 35.5 Å². The lowest BCUT2D eigenvalue weighted by molar-refractivity contribution is -0.136. The zero-order chi connectivity index (χ0) is 47.5. The van der Waals surface area contributed by atoms with Crippen LogP contribution in [0.2, 0.25) is 0 Å². The number of ether oxygens (including phenoxy) is 1. The molecule has 17 nitrogen and oxygen atoms in total. The number of halogens is 1. The van der Waals surface area contributed by atoms with E-state index in [0.717, 1.165) is 79.4 Å². The molecule has 4 atom stereocenters. The van der Waals surface area contributed by atoms with Crippen molar-refractivity contribution >= 4 is 52.2 Å². The molecule has 3 unspecified atom stereocenters. The minimum Gasteiger partial charge on any atom is -0.477 e. The molecule has 356 valence electrons. The first-order chi connectivity index (χ1) is 32.7. The van der Waals surface area contributed by atoms with Crippen LogP contribution in [0, 0.1) is 24.6 Å². The Bertz CT molecular complexity index is 2840. The van der Waals surface area contributed by atoms with Crippen molar-refractivity contribution in [2.75, 3.05) is 49.5 Å². The number of amides is 5. The van der Waals surface area contributed by atoms with Crippen molar-refractivity contribution in [1.29, 1.82) is 0 Å². The summed E-state index contributed by atoms with van der Waals surface area (Å²) >= 11 is 0. The van der Waals surface area contributed by atoms with Crippen LogP contribution in [-0.2, 0) is 29.7 Å². The van der Waals surface area contributed by atoms with Crippen LogP contribution in [-0.4, -0.2) is 126 Å². The number of carbonyl (C=O) groups is 5. The maximum Gasteiger partial charge on any atom is 0.262 e. The van der Waals surface area contributed by atoms with Gasteiger partial charge in [0.25, 0.3) is 17.7 Å². The fraction of sp³-hybridized carbons (Fsp3) is 0.480. The molecule has 68 heavy (non-hydrogen) atoms. The Morgan fingerprint density at radius 1 is 0.824 bits per heavy atom. The average Bonchev–Trinajstić information content (AvgIpc) is 3.91. The van der Waals surface area contributed by atoms with Gasteiger partial charge in [0, 0.05) is 69.5 Å². The molecule has 5 amide bonds. The van der Waals surface area contributed by atoms with Crippen LogP contribution in [0.1, 0.15) is 102 Å². The summed E-state index contributed by atoms with van der Waals surface area (Å²) in [4.78, 5) is 82.6. The minimum atomic E-state index is -1.11. The molecule has 0 saturated carbocycles. The molecule has 3 aromatic heterocycles. The Morgan fingerprint density at radius 2 is 1.57 bits per heavy atom. The maximum atomic E-state index is 15.9. The number of nitrogens with one attached hydrogen (secondary N) is 2. The lowest BCUT2D eigenvalue weighted by Crippen LogP contribution is -2.58. The van der Waals surface area contributed by atoms with E-state index in [-0.39, 0.29) is 53.6 Å². The van der Waals surface area contributed by atoms with Gasteiger partial charge in [0.15, 0.2) is 0 Å². The largest absolute Gasteiger partial charge is 0.477 e. The molecule has 0 spiro atoms. The number of likely N-dealkylation sites (tertiary alicyclic amines) is 1. The third-order valence-electron chi connectivity index (χ3n) is 14.4. The number of piperazine rings is 1. The van der Waals surface area contributed by atoms with Crippen molar-refractivity contribution in [3.8, 4) is 17.1 Å². The number of aryl methyl sites for hydroxylation is 2. The summed E-state index contributed by atoms with van der Waals surface area (Å²) in [6.07, 6.45) is 5.65. The molecular weight excluding hydrogens is 870 g/mol. The second-order valence-corrected chi connectivity index (χ2v) is 19.6. The van der Waals surface area contributed by atoms with E-state index in [1.807, 2.05) is 18.9 Å². The summed E-state index contributed by atoms with van der Waals surface area (Å²) < 4.78 is 26.0. The molecule has 5 aromatic rings. The summed E-state index contributed by atoms with van der Waals surface area (Å²) in [6.45, 7) is 14.5. The van der Waals surface area contributed by atoms with E-state index in [0.29, 0.717) is 60.9 Å². The molecule has 18 heteroatoms. The zero-order valence-electron chi connectivity index (χ0n) is 39.3. The molecule has 5 aliphatic rings. The number of piperidine rings is 2. The molecule has 5 aliphatic heterocycles. The molecule has 3 fully saturated rings. The van der Waals surface area contributed by atoms with Crippen LogP contribution in [0.25, 0.3) is 22.3 Å². The van der Waals surface area contributed by atoms with Crippen molar-refractivity contribution in [1.82, 2.24) is 44.3 Å². The Hall–Kier alpha value is -6.53. The number of aromatic nitrogens is 5. The molecule has 2 bridgehead atoms. The number of pyridine rings is 1. The molecule has 10 rings (SSSR count). The third-order valence-corrected chi connectivity index (χ3v) is 14.4. The summed E-state index contributed by atoms with van der Waals surface area (Å²) in [5, 5.41) is 9.77. The highest BCUT2D eigenvalue weighted by Gasteiger charge is 2.46. The van der Waals surface area contributed by atoms with Crippen molar-refractivity contribution in [2.45, 2.75) is 97.4 Å². The normalized spacial score (nSPS) is 23.4. The Labute approximate surface area is 394 Å². The van der Waals surface area contributed by atoms with Crippen LogP contribution in [0.15, 0.2) is 48.7 Å². The molecule has 2 aromatic carbocycles. The number of carbonyl (C=O) groups excluding carboxylic acids is 5. The summed E-state index contributed by atoms with van der Waals surface area (Å²) in [5.41, 5.74) is 5.84. The molecular formula is C50H58FN11O6. The van der Waals surface area contributed by atoms with Gasteiger partial charge in [-0.3, -0.25) is 54.3 Å². The number of fused-ring (bicyclic) bond motifs is 8. The van der Waals surface area contributed by atoms with Gasteiger partial charge >= 0.3 is 0 Å². The van der Waals surface area contributed by atoms with Gasteiger partial charge in [-0.15, -0.1) is 0 Å². The SMILES string of the molecule is Cc1cc2cc(n1)-c1cnn(C)c1OCCC[C@@H](C)Cn1c(nc3ccc(CN4CCC(CN5CC(C)N(c6cc7c(cc6F)C(=O)N(C6CCC(=O)NC6=O)C7=O)C(C)C5)CC4)cc31)NC2=O. The first kappa shape index (κ1) is 45.3. The first-order valence-electron chi connectivity index (χ1n) is 23.9. The van der Waals surface area contributed by atoms with Gasteiger partial charge in [0.2, 0.25) is 23.6 Å². The number of benzene rings is 2. The molecule has 2 N–H and O–H groups in total. The minimum absolute atomic E-state index is 0.0133. The molecule has 0 aliphatic carbocycles. The highest BCUT2D eigenvalue weighted by atomic mass is 19.1. The van der Waals surface area contributed by atoms with E-state index in [1.54, 1.807) is 23.0 Å². The van der Waals surface area contributed by atoms with Gasteiger partial charge in [-0.05, 0) is 120 Å². The molecule has 3 saturated heterocycles. The smallest absolute Gasteiger partial charge is 0.262 e. The second kappa shape index (κ2) is 18.2. The first-order valence-corrected chi connectivity index (χ1v) is 23.9. The monoisotopic (exact) mass is 927 g/mol. The summed E-state index contributed by atoms with van der Waals surface area (Å²) in [5.74, 6) is -1.43. The lowest BCUT2D eigenvalue weighted by Gasteiger charge is -2.47. The topological polar surface area (TPSA) is 180 Å². The second-order valence-electron chi connectivity index (χ2n) is 19.6. The Kier molecular flexibility index (Phi) is 12.1. The highest BCUT2D eigenvalue weighted by molar-refractivity contribution is 6.23. The standard InChI is InChI=1S/C50H58FN11O6/c1-28-7-6-16-68-49-37(22-52-57(49)5)40-19-34(17-29(2)53-40)45(64)56-50-54-39-9-8-33(18-43(39)60(50)23-28)27-58-14-12-32(13-15-58)26-59-24-30(3)61(31(4)25-59)42-21-36-35(20-38(42)51)47(66)62(48(36)67)41-10-11-44(63)55-46(41)65/h8-9,17-22,28,30-32,41H,6-7,10-16,23-27H2,1-5H3,(H,54,56,64)(H,55,63,65)/t28-,30?,31?,41?/m1/s1. The van der Waals surface area contributed by atoms with Gasteiger partial charge in [-0.1, -0.05) is 13.0 Å². The van der Waals surface area contributed by atoms with E-state index in [4.69, 9.17) is 14.7 Å². The Morgan fingerprint density at radius 3 is 2.32 bits per heavy atom. The van der Waals surface area contributed by atoms with E-state index in [1.165, 1.54) is 11.6 Å². The maximum absolute atomic E-state index is 15.9. The van der Waals surface area contributed by atoms with Crippen LogP contribution in [0.5, 0.6) is 5.88 Å². The van der Waals surface area contributed by atoms with Crippen LogP contribution < -0.4 is 20.3 Å². The zero-order valence-corrected chi connectivity index (χ0v) is 39.3. The number of hydrogen-bond donors (Lipinski definition) is 2.